The van der Waals surface area contributed by atoms with Gasteiger partial charge in [-0.1, -0.05) is 36.4 Å². The second-order valence-corrected chi connectivity index (χ2v) is 5.77. The van der Waals surface area contributed by atoms with Crippen molar-refractivity contribution < 1.29 is 4.79 Å². The molecule has 1 N–H and O–H groups in total. The Morgan fingerprint density at radius 3 is 2.20 bits per heavy atom. The van der Waals surface area contributed by atoms with Crippen LogP contribution in [0.5, 0.6) is 0 Å². The smallest absolute Gasteiger partial charge is 0.246 e. The summed E-state index contributed by atoms with van der Waals surface area (Å²) in [5.74, 6) is -1.19. The lowest BCUT2D eigenvalue weighted by Crippen LogP contribution is -2.20. The Bertz CT molecular complexity index is 645. The van der Waals surface area contributed by atoms with Crippen molar-refractivity contribution in [3.05, 3.63) is 63.0 Å². The molecule has 0 aliphatic heterocycles. The third-order valence-electron chi connectivity index (χ3n) is 2.74. The minimum atomic E-state index is -0.838. The van der Waals surface area contributed by atoms with E-state index in [4.69, 9.17) is 0 Å². The molecule has 1 unspecified atom stereocenters. The van der Waals surface area contributed by atoms with Crippen LogP contribution in [0.25, 0.3) is 0 Å². The van der Waals surface area contributed by atoms with Crippen molar-refractivity contribution in [1.82, 2.24) is 0 Å². The molecular weight excluding hydrogens is 384 g/mol. The van der Waals surface area contributed by atoms with E-state index in [2.05, 4.69) is 37.2 Å². The highest BCUT2D eigenvalue weighted by Gasteiger charge is 2.21. The van der Waals surface area contributed by atoms with Crippen LogP contribution < -0.4 is 5.32 Å². The molecule has 1 amide bonds. The number of carbonyl (C=O) groups is 1. The van der Waals surface area contributed by atoms with Crippen molar-refractivity contribution >= 4 is 43.5 Å². The predicted molar refractivity (Wildman–Crippen MR) is 85.3 cm³/mol. The summed E-state index contributed by atoms with van der Waals surface area (Å²) in [6.07, 6.45) is 0. The zero-order valence-corrected chi connectivity index (χ0v) is 13.5. The van der Waals surface area contributed by atoms with Crippen LogP contribution in [0.3, 0.4) is 0 Å². The highest BCUT2D eigenvalue weighted by Crippen LogP contribution is 2.31. The van der Waals surface area contributed by atoms with Crippen LogP contribution >= 0.6 is 31.9 Å². The van der Waals surface area contributed by atoms with Crippen LogP contribution in [0.4, 0.5) is 5.69 Å². The van der Waals surface area contributed by atoms with Gasteiger partial charge in [0.05, 0.1) is 11.8 Å². The number of para-hydroxylation sites is 1. The van der Waals surface area contributed by atoms with Crippen LogP contribution in [-0.2, 0) is 4.79 Å². The van der Waals surface area contributed by atoms with E-state index >= 15 is 0 Å². The SMILES string of the molecule is N#CC(C(=O)Nc1c(Br)cccc1Br)c1ccccc1. The number of hydrogen-bond acceptors (Lipinski definition) is 2. The first-order valence-corrected chi connectivity index (χ1v) is 7.41. The highest BCUT2D eigenvalue weighted by atomic mass is 79.9. The highest BCUT2D eigenvalue weighted by molar-refractivity contribution is 9.11. The van der Waals surface area contributed by atoms with Gasteiger partial charge < -0.3 is 5.32 Å². The molecule has 2 rings (SSSR count). The quantitative estimate of drug-likeness (QED) is 0.836. The van der Waals surface area contributed by atoms with E-state index in [1.165, 1.54) is 0 Å². The second-order valence-electron chi connectivity index (χ2n) is 4.06. The molecule has 0 fully saturated rings. The molecular formula is C15H10Br2N2O. The van der Waals surface area contributed by atoms with E-state index in [0.29, 0.717) is 11.3 Å². The Hall–Kier alpha value is -1.64. The van der Waals surface area contributed by atoms with Gasteiger partial charge in [0.25, 0.3) is 0 Å². The van der Waals surface area contributed by atoms with Crippen LogP contribution in [0.15, 0.2) is 57.5 Å². The van der Waals surface area contributed by atoms with Gasteiger partial charge in [0.15, 0.2) is 5.92 Å². The Morgan fingerprint density at radius 1 is 1.05 bits per heavy atom. The second kappa shape index (κ2) is 6.69. The number of benzene rings is 2. The first-order valence-electron chi connectivity index (χ1n) is 5.83. The fourth-order valence-electron chi connectivity index (χ4n) is 1.74. The summed E-state index contributed by atoms with van der Waals surface area (Å²) >= 11 is 6.75. The summed E-state index contributed by atoms with van der Waals surface area (Å²) in [6, 6.07) is 16.5. The Morgan fingerprint density at radius 2 is 1.65 bits per heavy atom. The summed E-state index contributed by atoms with van der Waals surface area (Å²) < 4.78 is 1.51. The molecule has 0 aliphatic carbocycles. The van der Waals surface area contributed by atoms with Gasteiger partial charge in [0.2, 0.25) is 5.91 Å². The van der Waals surface area contributed by atoms with Crippen molar-refractivity contribution in [2.45, 2.75) is 5.92 Å². The maximum Gasteiger partial charge on any atom is 0.246 e. The normalized spacial score (nSPS) is 11.4. The lowest BCUT2D eigenvalue weighted by molar-refractivity contribution is -0.116. The number of rotatable bonds is 3. The maximum absolute atomic E-state index is 12.3. The molecule has 0 aromatic heterocycles. The number of carbonyl (C=O) groups excluding carboxylic acids is 1. The van der Waals surface area contributed by atoms with Gasteiger partial charge in [-0.15, -0.1) is 0 Å². The maximum atomic E-state index is 12.3. The number of anilines is 1. The molecule has 3 nitrogen and oxygen atoms in total. The van der Waals surface area contributed by atoms with E-state index in [1.54, 1.807) is 24.3 Å². The van der Waals surface area contributed by atoms with Crippen molar-refractivity contribution in [3.8, 4) is 6.07 Å². The summed E-state index contributed by atoms with van der Waals surface area (Å²) in [6.45, 7) is 0. The number of nitriles is 1. The van der Waals surface area contributed by atoms with Gasteiger partial charge in [-0.25, -0.2) is 0 Å². The van der Waals surface area contributed by atoms with Crippen LogP contribution in [0.1, 0.15) is 11.5 Å². The monoisotopic (exact) mass is 392 g/mol. The molecule has 100 valence electrons. The Labute approximate surface area is 133 Å². The van der Waals surface area contributed by atoms with E-state index in [1.807, 2.05) is 30.3 Å². The van der Waals surface area contributed by atoms with Gasteiger partial charge in [-0.3, -0.25) is 4.79 Å². The molecule has 5 heteroatoms. The zero-order chi connectivity index (χ0) is 14.5. The van der Waals surface area contributed by atoms with Crippen LogP contribution in [-0.4, -0.2) is 5.91 Å². The first kappa shape index (κ1) is 14.8. The van der Waals surface area contributed by atoms with Gasteiger partial charge in [0.1, 0.15) is 0 Å². The summed E-state index contributed by atoms with van der Waals surface area (Å²) in [4.78, 5) is 12.3. The minimum absolute atomic E-state index is 0.355. The molecule has 2 aromatic rings. The largest absolute Gasteiger partial charge is 0.323 e. The molecule has 0 radical (unpaired) electrons. The number of halogens is 2. The summed E-state index contributed by atoms with van der Waals surface area (Å²) in [7, 11) is 0. The van der Waals surface area contributed by atoms with Gasteiger partial charge >= 0.3 is 0 Å². The zero-order valence-electron chi connectivity index (χ0n) is 10.3. The van der Waals surface area contributed by atoms with E-state index in [0.717, 1.165) is 8.95 Å². The molecule has 0 saturated heterocycles. The van der Waals surface area contributed by atoms with Crippen molar-refractivity contribution in [2.24, 2.45) is 0 Å². The van der Waals surface area contributed by atoms with Crippen LogP contribution in [0.2, 0.25) is 0 Å². The topological polar surface area (TPSA) is 52.9 Å². The molecule has 0 heterocycles. The molecule has 0 spiro atoms. The average Bonchev–Trinajstić information content (AvgIpc) is 2.45. The van der Waals surface area contributed by atoms with Crippen molar-refractivity contribution in [3.63, 3.8) is 0 Å². The molecule has 0 saturated carbocycles. The standard InChI is InChI=1S/C15H10Br2N2O/c16-12-7-4-8-13(17)14(12)19-15(20)11(9-18)10-5-2-1-3-6-10/h1-8,11H,(H,19,20). The van der Waals surface area contributed by atoms with Gasteiger partial charge in [-0.2, -0.15) is 5.26 Å². The van der Waals surface area contributed by atoms with E-state index in [9.17, 15) is 10.1 Å². The third kappa shape index (κ3) is 3.27. The van der Waals surface area contributed by atoms with E-state index in [-0.39, 0.29) is 5.91 Å². The number of nitrogens with zero attached hydrogens (tertiary/aromatic N) is 1. The minimum Gasteiger partial charge on any atom is -0.323 e. The Kier molecular flexibility index (Phi) is 4.94. The first-order chi connectivity index (χ1) is 9.63. The molecule has 2 aromatic carbocycles. The van der Waals surface area contributed by atoms with Crippen molar-refractivity contribution in [2.75, 3.05) is 5.32 Å². The molecule has 1 atom stereocenters. The van der Waals surface area contributed by atoms with Gasteiger partial charge in [-0.05, 0) is 49.6 Å². The Balaban J connectivity index is 2.26. The molecule has 0 aliphatic rings. The number of hydrogen-bond donors (Lipinski definition) is 1. The van der Waals surface area contributed by atoms with E-state index < -0.39 is 5.92 Å². The van der Waals surface area contributed by atoms with Crippen molar-refractivity contribution in [1.29, 1.82) is 5.26 Å². The van der Waals surface area contributed by atoms with Crippen LogP contribution in [0, 0.1) is 11.3 Å². The van der Waals surface area contributed by atoms with Gasteiger partial charge in [0, 0.05) is 8.95 Å². The molecule has 20 heavy (non-hydrogen) atoms. The average molecular weight is 394 g/mol. The summed E-state index contributed by atoms with van der Waals surface area (Å²) in [5, 5.41) is 12.0. The fourth-order valence-corrected chi connectivity index (χ4v) is 2.94. The number of amides is 1. The molecule has 0 bridgehead atoms. The number of nitrogens with one attached hydrogen (secondary N) is 1. The lowest BCUT2D eigenvalue weighted by Gasteiger charge is -2.13. The third-order valence-corrected chi connectivity index (χ3v) is 4.06. The lowest BCUT2D eigenvalue weighted by atomic mass is 10.00. The summed E-state index contributed by atoms with van der Waals surface area (Å²) in [5.41, 5.74) is 1.30. The fraction of sp³-hybridized carbons (Fsp3) is 0.0667. The predicted octanol–water partition coefficient (Wildman–Crippen LogP) is 4.46.